The smallest absolute Gasteiger partial charge is 0.307 e. The molecule has 7 nitrogen and oxygen atoms in total. The summed E-state index contributed by atoms with van der Waals surface area (Å²) in [6, 6.07) is 7.78. The molecule has 0 saturated heterocycles. The minimum absolute atomic E-state index is 0.195. The van der Waals surface area contributed by atoms with Crippen LogP contribution in [-0.4, -0.2) is 37.8 Å². The summed E-state index contributed by atoms with van der Waals surface area (Å²) in [6.07, 6.45) is 1.90. The van der Waals surface area contributed by atoms with Crippen LogP contribution in [0.5, 0.6) is 0 Å². The van der Waals surface area contributed by atoms with E-state index < -0.39 is 43.2 Å². The molecular formula is C16H21O7P. The lowest BCUT2D eigenvalue weighted by atomic mass is 9.99. The number of hydrogen-bond acceptors (Lipinski definition) is 4. The van der Waals surface area contributed by atoms with E-state index in [4.69, 9.17) is 5.11 Å². The van der Waals surface area contributed by atoms with Gasteiger partial charge in [0.25, 0.3) is 0 Å². The van der Waals surface area contributed by atoms with Crippen molar-refractivity contribution in [2.24, 2.45) is 5.92 Å². The molecule has 1 aromatic rings. The normalized spacial score (nSPS) is 17.8. The third kappa shape index (κ3) is 5.03. The fourth-order valence-corrected chi connectivity index (χ4v) is 4.57. The van der Waals surface area contributed by atoms with E-state index in [-0.39, 0.29) is 12.0 Å². The number of carboxylic acid groups (broad SMARTS) is 2. The highest BCUT2D eigenvalue weighted by Gasteiger charge is 2.44. The van der Waals surface area contributed by atoms with Crippen LogP contribution in [0.25, 0.3) is 0 Å². The van der Waals surface area contributed by atoms with E-state index in [1.54, 1.807) is 25.1 Å². The van der Waals surface area contributed by atoms with Gasteiger partial charge in [-0.1, -0.05) is 42.5 Å². The van der Waals surface area contributed by atoms with Crippen molar-refractivity contribution in [1.29, 1.82) is 0 Å². The van der Waals surface area contributed by atoms with Crippen LogP contribution in [0.1, 0.15) is 31.2 Å². The van der Waals surface area contributed by atoms with Crippen molar-refractivity contribution in [3.8, 4) is 0 Å². The number of aliphatic hydroxyl groups excluding tert-OH is 1. The molecule has 4 unspecified atom stereocenters. The van der Waals surface area contributed by atoms with Gasteiger partial charge in [0.2, 0.25) is 7.37 Å². The minimum atomic E-state index is -4.41. The Hall–Kier alpha value is -1.95. The van der Waals surface area contributed by atoms with Crippen molar-refractivity contribution in [2.75, 3.05) is 0 Å². The molecule has 1 rings (SSSR count). The lowest BCUT2D eigenvalue weighted by molar-refractivity contribution is -0.142. The fourth-order valence-electron chi connectivity index (χ4n) is 2.43. The number of aliphatic hydroxyl groups is 1. The Bertz CT molecular complexity index is 641. The van der Waals surface area contributed by atoms with E-state index in [2.05, 4.69) is 0 Å². The van der Waals surface area contributed by atoms with Gasteiger partial charge in [-0.25, -0.2) is 0 Å². The number of allylic oxidation sites excluding steroid dienone is 2. The highest BCUT2D eigenvalue weighted by molar-refractivity contribution is 7.59. The summed E-state index contributed by atoms with van der Waals surface area (Å²) >= 11 is 0. The van der Waals surface area contributed by atoms with Crippen LogP contribution in [0.3, 0.4) is 0 Å². The van der Waals surface area contributed by atoms with Gasteiger partial charge in [-0.3, -0.25) is 14.2 Å². The first-order valence-corrected chi connectivity index (χ1v) is 9.14. The van der Waals surface area contributed by atoms with E-state index in [1.165, 1.54) is 24.3 Å². The maximum absolute atomic E-state index is 12.8. The monoisotopic (exact) mass is 356 g/mol. The molecule has 8 heteroatoms. The van der Waals surface area contributed by atoms with Gasteiger partial charge in [0.1, 0.15) is 0 Å². The average Bonchev–Trinajstić information content (AvgIpc) is 2.53. The molecule has 0 heterocycles. The Labute approximate surface area is 139 Å². The number of hydrogen-bond donors (Lipinski definition) is 4. The first-order chi connectivity index (χ1) is 11.2. The zero-order chi connectivity index (χ0) is 18.3. The molecule has 0 amide bonds. The van der Waals surface area contributed by atoms with Crippen LogP contribution < -0.4 is 0 Å². The van der Waals surface area contributed by atoms with E-state index in [1.807, 2.05) is 0 Å². The van der Waals surface area contributed by atoms with Gasteiger partial charge >= 0.3 is 11.9 Å². The molecule has 0 saturated carbocycles. The number of rotatable bonds is 9. The Balaban J connectivity index is 3.21. The molecule has 0 fully saturated rings. The molecule has 24 heavy (non-hydrogen) atoms. The van der Waals surface area contributed by atoms with E-state index in [0.717, 1.165) is 0 Å². The van der Waals surface area contributed by atoms with E-state index in [0.29, 0.717) is 0 Å². The Morgan fingerprint density at radius 2 is 1.79 bits per heavy atom. The Morgan fingerprint density at radius 3 is 2.25 bits per heavy atom. The molecule has 0 aliphatic carbocycles. The van der Waals surface area contributed by atoms with Gasteiger partial charge in [-0.2, -0.15) is 0 Å². The quantitative estimate of drug-likeness (QED) is 0.395. The zero-order valence-corrected chi connectivity index (χ0v) is 14.0. The molecule has 0 bridgehead atoms. The fraction of sp³-hybridized carbons (Fsp3) is 0.375. The maximum atomic E-state index is 12.8. The molecule has 0 radical (unpaired) electrons. The maximum Gasteiger partial charge on any atom is 0.307 e. The van der Waals surface area contributed by atoms with Gasteiger partial charge in [0.05, 0.1) is 11.6 Å². The van der Waals surface area contributed by atoms with Gasteiger partial charge in [-0.15, -0.1) is 0 Å². The summed E-state index contributed by atoms with van der Waals surface area (Å²) in [6.45, 7) is 1.55. The van der Waals surface area contributed by atoms with Crippen LogP contribution in [0.4, 0.5) is 0 Å². The standard InChI is InChI=1S/C16H21O7P/c1-2-6-13(12(15(19)20)9-10-14(17)18)24(22,23)16(21)11-7-4-3-5-8-11/h2-8,12-13,16,21H,9-10H2,1H3,(H,17,18)(H,19,20)(H,22,23). The predicted molar refractivity (Wildman–Crippen MR) is 87.8 cm³/mol. The van der Waals surface area contributed by atoms with Crippen LogP contribution in [0.15, 0.2) is 42.5 Å². The van der Waals surface area contributed by atoms with Crippen molar-refractivity contribution in [3.63, 3.8) is 0 Å². The Morgan fingerprint density at radius 1 is 1.21 bits per heavy atom. The van der Waals surface area contributed by atoms with Crippen molar-refractivity contribution < 1.29 is 34.4 Å². The molecule has 132 valence electrons. The summed E-state index contributed by atoms with van der Waals surface area (Å²) < 4.78 is 12.8. The third-order valence-corrected chi connectivity index (χ3v) is 6.05. The van der Waals surface area contributed by atoms with Crippen molar-refractivity contribution in [2.45, 2.75) is 31.3 Å². The van der Waals surface area contributed by atoms with Crippen LogP contribution in [0.2, 0.25) is 0 Å². The summed E-state index contributed by atoms with van der Waals surface area (Å²) in [4.78, 5) is 32.7. The lowest BCUT2D eigenvalue weighted by Gasteiger charge is -2.29. The molecular weight excluding hydrogens is 335 g/mol. The highest BCUT2D eigenvalue weighted by Crippen LogP contribution is 2.60. The second kappa shape index (κ2) is 8.78. The van der Waals surface area contributed by atoms with Crippen molar-refractivity contribution in [1.82, 2.24) is 0 Å². The number of carboxylic acids is 2. The van der Waals surface area contributed by atoms with E-state index in [9.17, 15) is 29.3 Å². The largest absolute Gasteiger partial charge is 0.481 e. The molecule has 0 aliphatic heterocycles. The topological polar surface area (TPSA) is 132 Å². The van der Waals surface area contributed by atoms with E-state index >= 15 is 0 Å². The SMILES string of the molecule is CC=CC(C(CCC(=O)O)C(=O)O)P(=O)(O)C(O)c1ccccc1. The molecule has 1 aromatic carbocycles. The van der Waals surface area contributed by atoms with Gasteiger partial charge in [-0.05, 0) is 18.9 Å². The van der Waals surface area contributed by atoms with Crippen LogP contribution >= 0.6 is 7.37 Å². The van der Waals surface area contributed by atoms with Gasteiger partial charge in [0, 0.05) is 6.42 Å². The molecule has 4 atom stereocenters. The predicted octanol–water partition coefficient (Wildman–Crippen LogP) is 2.46. The minimum Gasteiger partial charge on any atom is -0.481 e. The van der Waals surface area contributed by atoms with Gasteiger partial charge < -0.3 is 20.2 Å². The summed E-state index contributed by atoms with van der Waals surface area (Å²) in [5, 5.41) is 28.4. The second-order valence-electron chi connectivity index (χ2n) is 5.35. The first-order valence-electron chi connectivity index (χ1n) is 7.34. The van der Waals surface area contributed by atoms with Crippen molar-refractivity contribution >= 4 is 19.3 Å². The highest BCUT2D eigenvalue weighted by atomic mass is 31.2. The number of carbonyl (C=O) groups is 2. The first kappa shape index (κ1) is 20.1. The second-order valence-corrected chi connectivity index (χ2v) is 7.78. The molecule has 0 aliphatic rings. The molecule has 0 aromatic heterocycles. The van der Waals surface area contributed by atoms with Crippen LogP contribution in [-0.2, 0) is 14.2 Å². The molecule has 4 N–H and O–H groups in total. The number of benzene rings is 1. The van der Waals surface area contributed by atoms with Crippen LogP contribution in [0, 0.1) is 5.92 Å². The lowest BCUT2D eigenvalue weighted by Crippen LogP contribution is -2.29. The summed E-state index contributed by atoms with van der Waals surface area (Å²) in [5.74, 6) is -5.73. The van der Waals surface area contributed by atoms with Crippen molar-refractivity contribution in [3.05, 3.63) is 48.0 Å². The summed E-state index contributed by atoms with van der Waals surface area (Å²) in [5.41, 5.74) is -1.20. The molecule has 0 spiro atoms. The average molecular weight is 356 g/mol. The summed E-state index contributed by atoms with van der Waals surface area (Å²) in [7, 11) is -4.41. The zero-order valence-electron chi connectivity index (χ0n) is 13.1. The number of aliphatic carboxylic acids is 2. The third-order valence-electron chi connectivity index (χ3n) is 3.66. The van der Waals surface area contributed by atoms with Gasteiger partial charge in [0.15, 0.2) is 5.85 Å². The Kier molecular flexibility index (Phi) is 7.35.